The minimum Gasteiger partial charge on any atom is -0.491 e. The van der Waals surface area contributed by atoms with Crippen LogP contribution in [-0.2, 0) is 22.7 Å². The van der Waals surface area contributed by atoms with Gasteiger partial charge >= 0.3 is 12.2 Å². The lowest BCUT2D eigenvalue weighted by Gasteiger charge is -2.18. The molecule has 0 aromatic heterocycles. The molecule has 0 saturated heterocycles. The van der Waals surface area contributed by atoms with Crippen LogP contribution in [0.5, 0.6) is 11.5 Å². The second kappa shape index (κ2) is 11.7. The largest absolute Gasteiger partial charge is 0.491 e. The van der Waals surface area contributed by atoms with Crippen LogP contribution in [-0.4, -0.2) is 24.4 Å². The van der Waals surface area contributed by atoms with Crippen molar-refractivity contribution in [3.05, 3.63) is 59.7 Å². The van der Waals surface area contributed by atoms with Gasteiger partial charge in [-0.25, -0.2) is 14.9 Å². The molecular weight excluding hydrogens is 386 g/mol. The average Bonchev–Trinajstić information content (AvgIpc) is 2.72. The predicted octanol–water partition coefficient (Wildman–Crippen LogP) is 5.21. The number of hydrogen-bond acceptors (Lipinski definition) is 6. The molecule has 30 heavy (non-hydrogen) atoms. The molecule has 1 atom stereocenters. The Bertz CT molecular complexity index is 822. The summed E-state index contributed by atoms with van der Waals surface area (Å²) in [6.07, 6.45) is -0.884. The fourth-order valence-corrected chi connectivity index (χ4v) is 2.43. The highest BCUT2D eigenvalue weighted by atomic mass is 16.6. The summed E-state index contributed by atoms with van der Waals surface area (Å²) < 4.78 is 21.8. The lowest BCUT2D eigenvalue weighted by atomic mass is 10.2. The Hall–Kier alpha value is -3.22. The van der Waals surface area contributed by atoms with E-state index >= 15 is 0 Å². The lowest BCUT2D eigenvalue weighted by molar-refractivity contribution is 0.116. The van der Waals surface area contributed by atoms with Crippen molar-refractivity contribution in [2.24, 2.45) is 0 Å². The number of ether oxygens (including phenoxy) is 4. The van der Waals surface area contributed by atoms with Gasteiger partial charge in [-0.3, -0.25) is 0 Å². The number of amides is 2. The van der Waals surface area contributed by atoms with E-state index in [1.165, 1.54) is 0 Å². The van der Waals surface area contributed by atoms with E-state index in [0.29, 0.717) is 17.1 Å². The van der Waals surface area contributed by atoms with E-state index in [1.807, 2.05) is 63.3 Å². The Morgan fingerprint density at radius 2 is 1.57 bits per heavy atom. The first-order chi connectivity index (χ1) is 14.4. The van der Waals surface area contributed by atoms with Gasteiger partial charge in [0.1, 0.15) is 24.7 Å². The summed E-state index contributed by atoms with van der Waals surface area (Å²) in [6.45, 7) is 7.83. The minimum absolute atomic E-state index is 0.0595. The van der Waals surface area contributed by atoms with Crippen LogP contribution in [0.3, 0.4) is 0 Å². The highest BCUT2D eigenvalue weighted by Gasteiger charge is 2.14. The third-order valence-corrected chi connectivity index (χ3v) is 4.09. The summed E-state index contributed by atoms with van der Waals surface area (Å²) in [5.41, 5.74) is 1.48. The average molecular weight is 415 g/mol. The molecule has 7 heteroatoms. The first-order valence-electron chi connectivity index (χ1n) is 9.98. The van der Waals surface area contributed by atoms with Crippen LogP contribution in [0.2, 0.25) is 0 Å². The van der Waals surface area contributed by atoms with Gasteiger partial charge in [0.05, 0.1) is 12.2 Å². The van der Waals surface area contributed by atoms with Crippen LogP contribution < -0.4 is 14.8 Å². The van der Waals surface area contributed by atoms with Gasteiger partial charge in [0.15, 0.2) is 0 Å². The smallest absolute Gasteiger partial charge is 0.416 e. The zero-order valence-corrected chi connectivity index (χ0v) is 17.8. The van der Waals surface area contributed by atoms with Gasteiger partial charge in [0.2, 0.25) is 0 Å². The fourth-order valence-electron chi connectivity index (χ4n) is 2.43. The molecule has 1 unspecified atom stereocenters. The molecule has 0 aliphatic carbocycles. The normalized spacial score (nSPS) is 11.5. The summed E-state index contributed by atoms with van der Waals surface area (Å²) in [5.74, 6) is 1.24. The van der Waals surface area contributed by atoms with Crippen LogP contribution in [0.15, 0.2) is 48.5 Å². The summed E-state index contributed by atoms with van der Waals surface area (Å²) in [7, 11) is 0. The van der Waals surface area contributed by atoms with Crippen LogP contribution in [0.4, 0.5) is 9.59 Å². The number of benzene rings is 2. The molecule has 1 N–H and O–H groups in total. The predicted molar refractivity (Wildman–Crippen MR) is 113 cm³/mol. The van der Waals surface area contributed by atoms with Crippen molar-refractivity contribution >= 4 is 12.2 Å². The zero-order chi connectivity index (χ0) is 21.9. The summed E-state index contributed by atoms with van der Waals surface area (Å²) >= 11 is 0. The molecular formula is C23H29NO6. The van der Waals surface area contributed by atoms with E-state index in [1.54, 1.807) is 18.2 Å². The quantitative estimate of drug-likeness (QED) is 0.605. The third-order valence-electron chi connectivity index (χ3n) is 4.09. The molecule has 2 aromatic carbocycles. The van der Waals surface area contributed by atoms with E-state index in [4.69, 9.17) is 18.9 Å². The number of hydrogen-bond donors (Lipinski definition) is 1. The van der Waals surface area contributed by atoms with Gasteiger partial charge < -0.3 is 18.9 Å². The highest BCUT2D eigenvalue weighted by molar-refractivity contribution is 5.87. The van der Waals surface area contributed by atoms with Gasteiger partial charge in [-0.2, -0.15) is 0 Å². The molecule has 162 valence electrons. The first-order valence-corrected chi connectivity index (χ1v) is 9.98. The molecule has 0 aliphatic rings. The lowest BCUT2D eigenvalue weighted by Crippen LogP contribution is -2.31. The van der Waals surface area contributed by atoms with E-state index < -0.39 is 12.2 Å². The first kappa shape index (κ1) is 23.1. The Kier molecular flexibility index (Phi) is 9.00. The highest BCUT2D eigenvalue weighted by Crippen LogP contribution is 2.27. The molecule has 0 aliphatic heterocycles. The monoisotopic (exact) mass is 415 g/mol. The molecule has 0 bridgehead atoms. The van der Waals surface area contributed by atoms with Crippen molar-refractivity contribution in [2.75, 3.05) is 0 Å². The zero-order valence-electron chi connectivity index (χ0n) is 17.8. The Morgan fingerprint density at radius 3 is 2.20 bits per heavy atom. The standard InChI is InChI=1S/C23H29NO6/c1-5-17(4)30-20-12-11-19(21(13-20)29-16(2)3)15-28-23(26)24-22(25)27-14-18-9-7-6-8-10-18/h6-13,16-17H,5,14-15H2,1-4H3,(H,24,25,26). The Balaban J connectivity index is 1.89. The van der Waals surface area contributed by atoms with Gasteiger partial charge in [0, 0.05) is 11.6 Å². The molecule has 7 nitrogen and oxygen atoms in total. The number of imide groups is 1. The van der Waals surface area contributed by atoms with Gasteiger partial charge in [-0.15, -0.1) is 0 Å². The van der Waals surface area contributed by atoms with Crippen molar-refractivity contribution in [1.82, 2.24) is 5.32 Å². The SMILES string of the molecule is CCC(C)Oc1ccc(COC(=O)NC(=O)OCc2ccccc2)c(OC(C)C)c1. The van der Waals surface area contributed by atoms with Crippen LogP contribution in [0, 0.1) is 0 Å². The molecule has 2 rings (SSSR count). The van der Waals surface area contributed by atoms with Gasteiger partial charge in [0.25, 0.3) is 0 Å². The number of carbonyl (C=O) groups excluding carboxylic acids is 2. The number of rotatable bonds is 9. The second-order valence-corrected chi connectivity index (χ2v) is 7.04. The van der Waals surface area contributed by atoms with Crippen molar-refractivity contribution in [3.63, 3.8) is 0 Å². The molecule has 0 fully saturated rings. The number of nitrogens with one attached hydrogen (secondary N) is 1. The summed E-state index contributed by atoms with van der Waals surface area (Å²) in [4.78, 5) is 23.7. The second-order valence-electron chi connectivity index (χ2n) is 7.04. The van der Waals surface area contributed by atoms with Gasteiger partial charge in [-0.05, 0) is 44.9 Å². The maximum Gasteiger partial charge on any atom is 0.416 e. The maximum absolute atomic E-state index is 11.9. The number of carbonyl (C=O) groups is 2. The fraction of sp³-hybridized carbons (Fsp3) is 0.391. The molecule has 2 aromatic rings. The van der Waals surface area contributed by atoms with Gasteiger partial charge in [-0.1, -0.05) is 37.3 Å². The maximum atomic E-state index is 11.9. The molecule has 0 spiro atoms. The minimum atomic E-state index is -0.900. The van der Waals surface area contributed by atoms with E-state index in [-0.39, 0.29) is 25.4 Å². The topological polar surface area (TPSA) is 83.1 Å². The summed E-state index contributed by atoms with van der Waals surface area (Å²) in [6, 6.07) is 14.5. The van der Waals surface area contributed by atoms with E-state index in [9.17, 15) is 9.59 Å². The van der Waals surface area contributed by atoms with Crippen molar-refractivity contribution in [1.29, 1.82) is 0 Å². The van der Waals surface area contributed by atoms with E-state index in [0.717, 1.165) is 12.0 Å². The molecule has 0 heterocycles. The summed E-state index contributed by atoms with van der Waals surface area (Å²) in [5, 5.41) is 2.04. The molecule has 2 amide bonds. The van der Waals surface area contributed by atoms with Crippen LogP contribution in [0.1, 0.15) is 45.2 Å². The van der Waals surface area contributed by atoms with E-state index in [2.05, 4.69) is 0 Å². The van der Waals surface area contributed by atoms with Crippen molar-refractivity contribution < 1.29 is 28.5 Å². The Labute approximate surface area is 177 Å². The van der Waals surface area contributed by atoms with Crippen LogP contribution in [0.25, 0.3) is 0 Å². The van der Waals surface area contributed by atoms with Crippen molar-refractivity contribution in [3.8, 4) is 11.5 Å². The van der Waals surface area contributed by atoms with Crippen molar-refractivity contribution in [2.45, 2.75) is 59.5 Å². The Morgan fingerprint density at radius 1 is 0.900 bits per heavy atom. The van der Waals surface area contributed by atoms with Crippen LogP contribution >= 0.6 is 0 Å². The molecule has 0 saturated carbocycles. The molecule has 0 radical (unpaired) electrons. The third kappa shape index (κ3) is 8.03. The number of alkyl carbamates (subject to hydrolysis) is 2.